The first kappa shape index (κ1) is 17.4. The largest absolute Gasteiger partial charge is 0.354 e. The fraction of sp³-hybridized carbons (Fsp3) is 0.333. The Kier molecular flexibility index (Phi) is 4.64. The smallest absolute Gasteiger partial charge is 0.151 e. The number of fused-ring (bicyclic) bond motifs is 1. The first-order chi connectivity index (χ1) is 12.5. The summed E-state index contributed by atoms with van der Waals surface area (Å²) >= 11 is 1.56. The number of nitrogens with zero attached hydrogens (tertiary/aromatic N) is 3. The molecule has 8 heteroatoms. The van der Waals surface area contributed by atoms with Crippen molar-refractivity contribution in [3.63, 3.8) is 0 Å². The van der Waals surface area contributed by atoms with E-state index in [9.17, 15) is 8.42 Å². The maximum atomic E-state index is 11.5. The topological polar surface area (TPSA) is 75.2 Å². The molecule has 3 heterocycles. The summed E-state index contributed by atoms with van der Waals surface area (Å²) in [5, 5.41) is 4.24. The minimum atomic E-state index is -3.04. The molecule has 1 aliphatic rings. The van der Waals surface area contributed by atoms with Crippen LogP contribution in [0.15, 0.2) is 36.5 Å². The van der Waals surface area contributed by atoms with E-state index in [4.69, 9.17) is 0 Å². The van der Waals surface area contributed by atoms with Crippen LogP contribution in [0.2, 0.25) is 0 Å². The third-order valence-corrected chi connectivity index (χ3v) is 6.24. The van der Waals surface area contributed by atoms with Crippen LogP contribution < -0.4 is 10.2 Å². The Morgan fingerprint density at radius 3 is 2.69 bits per heavy atom. The standard InChI is InChI=1S/C18H20N4O2S2/c1-26(23,24)12-13-2-4-15-16(10-13)25-18(21-15)14-3-5-17(20-11-14)22-8-6-19-7-9-22/h2-5,10-11,19H,6-9,12H2,1H3. The third kappa shape index (κ3) is 3.87. The Morgan fingerprint density at radius 2 is 2.00 bits per heavy atom. The molecule has 0 aliphatic carbocycles. The van der Waals surface area contributed by atoms with Crippen LogP contribution in [0.1, 0.15) is 5.56 Å². The van der Waals surface area contributed by atoms with Gasteiger partial charge in [0.1, 0.15) is 10.8 Å². The second-order valence-corrected chi connectivity index (χ2v) is 9.70. The lowest BCUT2D eigenvalue weighted by Crippen LogP contribution is -2.43. The minimum Gasteiger partial charge on any atom is -0.354 e. The molecular formula is C18H20N4O2S2. The Labute approximate surface area is 156 Å². The van der Waals surface area contributed by atoms with Crippen LogP contribution in [-0.2, 0) is 15.6 Å². The van der Waals surface area contributed by atoms with Gasteiger partial charge in [0.15, 0.2) is 9.84 Å². The summed E-state index contributed by atoms with van der Waals surface area (Å²) in [7, 11) is -3.04. The lowest BCUT2D eigenvalue weighted by molar-refractivity contribution is 0.585. The van der Waals surface area contributed by atoms with Crippen molar-refractivity contribution in [1.29, 1.82) is 0 Å². The maximum absolute atomic E-state index is 11.5. The van der Waals surface area contributed by atoms with E-state index in [0.29, 0.717) is 0 Å². The number of rotatable bonds is 4. The van der Waals surface area contributed by atoms with E-state index in [0.717, 1.165) is 58.3 Å². The predicted octanol–water partition coefficient (Wildman–Crippen LogP) is 2.31. The summed E-state index contributed by atoms with van der Waals surface area (Å²) < 4.78 is 24.0. The quantitative estimate of drug-likeness (QED) is 0.739. The zero-order valence-electron chi connectivity index (χ0n) is 14.5. The van der Waals surface area contributed by atoms with Crippen molar-refractivity contribution in [1.82, 2.24) is 15.3 Å². The van der Waals surface area contributed by atoms with Crippen LogP contribution in [-0.4, -0.2) is 50.8 Å². The third-order valence-electron chi connectivity index (χ3n) is 4.32. The van der Waals surface area contributed by atoms with Crippen LogP contribution in [0.25, 0.3) is 20.8 Å². The van der Waals surface area contributed by atoms with Crippen LogP contribution in [0, 0.1) is 0 Å². The molecule has 3 aromatic rings. The molecule has 26 heavy (non-hydrogen) atoms. The van der Waals surface area contributed by atoms with E-state index < -0.39 is 9.84 Å². The summed E-state index contributed by atoms with van der Waals surface area (Å²) in [6.07, 6.45) is 3.12. The number of benzene rings is 1. The molecule has 0 radical (unpaired) electrons. The van der Waals surface area contributed by atoms with E-state index in [1.165, 1.54) is 6.26 Å². The summed E-state index contributed by atoms with van der Waals surface area (Å²) in [6, 6.07) is 9.73. The molecule has 0 unspecified atom stereocenters. The van der Waals surface area contributed by atoms with Gasteiger partial charge in [-0.3, -0.25) is 0 Å². The maximum Gasteiger partial charge on any atom is 0.151 e. The van der Waals surface area contributed by atoms with Gasteiger partial charge >= 0.3 is 0 Å². The average molecular weight is 389 g/mol. The number of nitrogens with one attached hydrogen (secondary N) is 1. The lowest BCUT2D eigenvalue weighted by atomic mass is 10.2. The second kappa shape index (κ2) is 6.94. The van der Waals surface area contributed by atoms with Gasteiger partial charge in [-0.1, -0.05) is 6.07 Å². The molecule has 0 amide bonds. The molecule has 6 nitrogen and oxygen atoms in total. The Balaban J connectivity index is 1.59. The first-order valence-electron chi connectivity index (χ1n) is 8.47. The number of hydrogen-bond donors (Lipinski definition) is 1. The highest BCUT2D eigenvalue weighted by Gasteiger charge is 2.13. The summed E-state index contributed by atoms with van der Waals surface area (Å²) in [4.78, 5) is 11.5. The van der Waals surface area contributed by atoms with Crippen molar-refractivity contribution < 1.29 is 8.42 Å². The fourth-order valence-electron chi connectivity index (χ4n) is 3.08. The zero-order valence-corrected chi connectivity index (χ0v) is 16.1. The van der Waals surface area contributed by atoms with Gasteiger partial charge in [0.05, 0.1) is 16.0 Å². The minimum absolute atomic E-state index is 0.0527. The number of pyridine rings is 1. The van der Waals surface area contributed by atoms with Crippen LogP contribution in [0.5, 0.6) is 0 Å². The molecule has 4 rings (SSSR count). The fourth-order valence-corrected chi connectivity index (χ4v) is 4.88. The van der Waals surface area contributed by atoms with Crippen LogP contribution in [0.4, 0.5) is 5.82 Å². The predicted molar refractivity (Wildman–Crippen MR) is 106 cm³/mol. The average Bonchev–Trinajstić information content (AvgIpc) is 3.04. The van der Waals surface area contributed by atoms with E-state index in [1.54, 1.807) is 11.3 Å². The molecule has 136 valence electrons. The van der Waals surface area contributed by atoms with Crippen molar-refractivity contribution in [2.24, 2.45) is 0 Å². The van der Waals surface area contributed by atoms with Gasteiger partial charge in [0.25, 0.3) is 0 Å². The number of piperazine rings is 1. The van der Waals surface area contributed by atoms with E-state index in [1.807, 2.05) is 30.5 Å². The molecule has 0 bridgehead atoms. The highest BCUT2D eigenvalue weighted by molar-refractivity contribution is 7.89. The Bertz CT molecular complexity index is 1020. The second-order valence-electron chi connectivity index (χ2n) is 6.53. The van der Waals surface area contributed by atoms with Gasteiger partial charge in [-0.15, -0.1) is 11.3 Å². The van der Waals surface area contributed by atoms with Crippen molar-refractivity contribution in [2.45, 2.75) is 5.75 Å². The van der Waals surface area contributed by atoms with Gasteiger partial charge in [-0.2, -0.15) is 0 Å². The molecule has 2 aromatic heterocycles. The summed E-state index contributed by atoms with van der Waals surface area (Å²) in [6.45, 7) is 3.90. The Morgan fingerprint density at radius 1 is 1.19 bits per heavy atom. The van der Waals surface area contributed by atoms with Gasteiger partial charge in [0, 0.05) is 44.2 Å². The van der Waals surface area contributed by atoms with Crippen molar-refractivity contribution in [3.05, 3.63) is 42.1 Å². The molecular weight excluding hydrogens is 368 g/mol. The molecule has 0 spiro atoms. The molecule has 1 N–H and O–H groups in total. The number of thiazole rings is 1. The van der Waals surface area contributed by atoms with E-state index in [2.05, 4.69) is 26.3 Å². The monoisotopic (exact) mass is 388 g/mol. The summed E-state index contributed by atoms with van der Waals surface area (Å²) in [5.41, 5.74) is 2.66. The highest BCUT2D eigenvalue weighted by atomic mass is 32.2. The van der Waals surface area contributed by atoms with Gasteiger partial charge in [-0.25, -0.2) is 18.4 Å². The molecule has 0 atom stereocenters. The highest BCUT2D eigenvalue weighted by Crippen LogP contribution is 2.31. The van der Waals surface area contributed by atoms with E-state index in [-0.39, 0.29) is 5.75 Å². The van der Waals surface area contributed by atoms with Gasteiger partial charge in [0.2, 0.25) is 0 Å². The number of anilines is 1. The molecule has 1 saturated heterocycles. The normalized spacial score (nSPS) is 15.5. The molecule has 1 aromatic carbocycles. The Hall–Kier alpha value is -2.03. The molecule has 1 fully saturated rings. The number of sulfone groups is 1. The molecule has 0 saturated carbocycles. The van der Waals surface area contributed by atoms with Gasteiger partial charge < -0.3 is 10.2 Å². The SMILES string of the molecule is CS(=O)(=O)Cc1ccc2nc(-c3ccc(N4CCNCC4)nc3)sc2c1. The lowest BCUT2D eigenvalue weighted by Gasteiger charge is -2.28. The number of aromatic nitrogens is 2. The van der Waals surface area contributed by atoms with Crippen molar-refractivity contribution >= 4 is 37.2 Å². The zero-order chi connectivity index (χ0) is 18.1. The van der Waals surface area contributed by atoms with Gasteiger partial charge in [-0.05, 0) is 29.8 Å². The van der Waals surface area contributed by atoms with Crippen molar-refractivity contribution in [2.75, 3.05) is 37.3 Å². The number of hydrogen-bond acceptors (Lipinski definition) is 7. The summed E-state index contributed by atoms with van der Waals surface area (Å²) in [5.74, 6) is 1.05. The van der Waals surface area contributed by atoms with Crippen LogP contribution in [0.3, 0.4) is 0 Å². The molecule has 1 aliphatic heterocycles. The van der Waals surface area contributed by atoms with E-state index >= 15 is 0 Å². The first-order valence-corrected chi connectivity index (χ1v) is 11.3. The van der Waals surface area contributed by atoms with Crippen molar-refractivity contribution in [3.8, 4) is 10.6 Å². The van der Waals surface area contributed by atoms with Crippen LogP contribution >= 0.6 is 11.3 Å².